The molecule has 4 N–H and O–H groups in total. The minimum Gasteiger partial charge on any atom is -0.455 e. The summed E-state index contributed by atoms with van der Waals surface area (Å²) in [7, 11) is 1.91. The molecule has 1 aliphatic heterocycles. The lowest BCUT2D eigenvalue weighted by Gasteiger charge is -2.39. The Hall–Kier alpha value is -4.40. The number of piperidine rings is 1. The molecule has 2 aromatic rings. The monoisotopic (exact) mass is 1050 g/mol. The summed E-state index contributed by atoms with van der Waals surface area (Å²) in [5.41, 5.74) is 0.906. The summed E-state index contributed by atoms with van der Waals surface area (Å²) >= 11 is 4.54. The molecular formula is C51H81N7O10S3. The van der Waals surface area contributed by atoms with Crippen molar-refractivity contribution in [3.63, 3.8) is 0 Å². The number of esters is 2. The highest BCUT2D eigenvalue weighted by Gasteiger charge is 2.39. The molecule has 0 saturated carbocycles. The van der Waals surface area contributed by atoms with Crippen LogP contribution in [0.5, 0.6) is 5.75 Å². The Balaban J connectivity index is 1.93. The number of rotatable bonds is 31. The molecular weight excluding hydrogens is 967 g/mol. The number of hydrogen-bond acceptors (Lipinski definition) is 15. The van der Waals surface area contributed by atoms with Gasteiger partial charge in [-0.25, -0.2) is 9.78 Å². The third-order valence-corrected chi connectivity index (χ3v) is 14.9. The van der Waals surface area contributed by atoms with Gasteiger partial charge in [0.15, 0.2) is 12.8 Å². The lowest BCUT2D eigenvalue weighted by atomic mass is 9.92. The molecule has 1 unspecified atom stereocenters. The maximum absolute atomic E-state index is 14.9. The van der Waals surface area contributed by atoms with Gasteiger partial charge in [-0.3, -0.25) is 33.7 Å². The Bertz CT molecular complexity index is 1990. The van der Waals surface area contributed by atoms with Gasteiger partial charge in [0.1, 0.15) is 22.5 Å². The van der Waals surface area contributed by atoms with E-state index in [4.69, 9.17) is 19.2 Å². The highest BCUT2D eigenvalue weighted by atomic mass is 32.2. The van der Waals surface area contributed by atoms with Crippen LogP contribution in [-0.4, -0.2) is 138 Å². The Labute approximate surface area is 434 Å². The van der Waals surface area contributed by atoms with Crippen LogP contribution in [0.1, 0.15) is 140 Å². The third-order valence-electron chi connectivity index (χ3n) is 12.6. The molecule has 1 aliphatic rings. The lowest BCUT2D eigenvalue weighted by molar-refractivity contribution is -0.160. The predicted octanol–water partition coefficient (Wildman–Crippen LogP) is 7.38. The second kappa shape index (κ2) is 32.6. The van der Waals surface area contributed by atoms with E-state index in [-0.39, 0.29) is 55.0 Å². The van der Waals surface area contributed by atoms with E-state index >= 15 is 0 Å². The van der Waals surface area contributed by atoms with Gasteiger partial charge in [-0.15, -0.1) is 11.3 Å². The predicted molar refractivity (Wildman–Crippen MR) is 282 cm³/mol. The third kappa shape index (κ3) is 21.3. The Morgan fingerprint density at radius 3 is 2.20 bits per heavy atom. The number of hydrogen-bond donors (Lipinski definition) is 4. The SMILES string of the molecule is CCCC(=O)OCN(C(=O)[C@H](NC(=O)[C@@H]1CCCCN1C)C(C)CC)[C@@H](C[C@H](OC(C)=O)c1nc(C(=O)N[C@H](Cc2ccc(OC(=O)NCCCSC)cc2)C[C@@H](C)C(=O)NCCCSC)cs1)C(C)C. The Kier molecular flexibility index (Phi) is 28.0. The highest BCUT2D eigenvalue weighted by Crippen LogP contribution is 2.32. The first kappa shape index (κ1) is 60.9. The fourth-order valence-electron chi connectivity index (χ4n) is 8.29. The van der Waals surface area contributed by atoms with Crippen LogP contribution < -0.4 is 26.0 Å². The molecule has 0 radical (unpaired) electrons. The normalized spacial score (nSPS) is 16.4. The van der Waals surface area contributed by atoms with Crippen molar-refractivity contribution in [2.24, 2.45) is 17.8 Å². The molecule has 1 fully saturated rings. The van der Waals surface area contributed by atoms with E-state index in [1.807, 2.05) is 78.1 Å². The first-order valence-electron chi connectivity index (χ1n) is 25.1. The number of thioether (sulfide) groups is 2. The number of thiazole rings is 1. The Morgan fingerprint density at radius 2 is 1.59 bits per heavy atom. The summed E-state index contributed by atoms with van der Waals surface area (Å²) in [6.07, 6.45) is 8.67. The molecule has 1 aromatic carbocycles. The zero-order valence-corrected chi connectivity index (χ0v) is 46.1. The van der Waals surface area contributed by atoms with Crippen LogP contribution in [0.2, 0.25) is 0 Å². The summed E-state index contributed by atoms with van der Waals surface area (Å²) in [6.45, 7) is 14.1. The molecule has 17 nitrogen and oxygen atoms in total. The molecule has 398 valence electrons. The average molecular weight is 1050 g/mol. The van der Waals surface area contributed by atoms with Gasteiger partial charge in [0.25, 0.3) is 5.91 Å². The van der Waals surface area contributed by atoms with Crippen molar-refractivity contribution in [2.75, 3.05) is 57.4 Å². The topological polar surface area (TPSA) is 215 Å². The molecule has 2 heterocycles. The fraction of sp³-hybridized carbons (Fsp3) is 0.686. The summed E-state index contributed by atoms with van der Waals surface area (Å²) in [5.74, 6) is -1.14. The minimum atomic E-state index is -1.01. The number of nitrogens with zero attached hydrogens (tertiary/aromatic N) is 3. The van der Waals surface area contributed by atoms with Crippen LogP contribution >= 0.6 is 34.9 Å². The largest absolute Gasteiger partial charge is 0.455 e. The highest BCUT2D eigenvalue weighted by molar-refractivity contribution is 7.98. The van der Waals surface area contributed by atoms with Crippen molar-refractivity contribution in [1.82, 2.24) is 36.1 Å². The number of nitrogens with one attached hydrogen (secondary N) is 4. The molecule has 3 rings (SSSR count). The number of likely N-dealkylation sites (tertiary alicyclic amines) is 1. The quantitative estimate of drug-likeness (QED) is 0.0330. The number of amides is 5. The van der Waals surface area contributed by atoms with Crippen LogP contribution in [0.25, 0.3) is 0 Å². The van der Waals surface area contributed by atoms with Crippen molar-refractivity contribution in [2.45, 2.75) is 149 Å². The summed E-state index contributed by atoms with van der Waals surface area (Å²) < 4.78 is 17.1. The van der Waals surface area contributed by atoms with E-state index in [1.54, 1.807) is 41.0 Å². The molecule has 71 heavy (non-hydrogen) atoms. The Morgan fingerprint density at radius 1 is 0.915 bits per heavy atom. The fourth-order valence-corrected chi connectivity index (χ4v) is 10.00. The molecule has 0 bridgehead atoms. The number of carbonyl (C=O) groups excluding carboxylic acids is 7. The van der Waals surface area contributed by atoms with Gasteiger partial charge in [0, 0.05) is 56.2 Å². The van der Waals surface area contributed by atoms with E-state index in [9.17, 15) is 33.6 Å². The van der Waals surface area contributed by atoms with Crippen molar-refractivity contribution in [1.29, 1.82) is 0 Å². The molecule has 20 heteroatoms. The number of carbonyl (C=O) groups is 7. The second-order valence-electron chi connectivity index (χ2n) is 18.7. The van der Waals surface area contributed by atoms with Gasteiger partial charge in [-0.05, 0) is 112 Å². The number of benzene rings is 1. The first-order chi connectivity index (χ1) is 33.9. The van der Waals surface area contributed by atoms with E-state index in [0.717, 1.165) is 60.6 Å². The average Bonchev–Trinajstić information content (AvgIpc) is 3.84. The van der Waals surface area contributed by atoms with Gasteiger partial charge >= 0.3 is 18.0 Å². The standard InChI is InChI=1S/C51H81N7O10S3/c1-11-17-44(60)66-32-58(50(64)45(34(5)12-2)56-48(63)41-18-13-14-25-57(41)8)42(33(3)4)30-43(67-36(7)59)49-55-40(31-71-49)47(62)54-38(28-35(6)46(61)52-23-15-26-69-9)29-37-19-21-39(22-20-37)68-51(65)53-24-16-27-70-10/h19-22,31,33-35,38,41-43,45H,11-18,23-30,32H2,1-10H3,(H,52,61)(H,53,65)(H,54,62)(H,56,63)/t34?,35-,38+,41+,42+,43+,45-/m1/s1. The maximum Gasteiger partial charge on any atom is 0.412 e. The number of likely N-dealkylation sites (N-methyl/N-ethyl adjacent to an activating group) is 1. The second-order valence-corrected chi connectivity index (χ2v) is 21.6. The van der Waals surface area contributed by atoms with Gasteiger partial charge in [-0.2, -0.15) is 23.5 Å². The van der Waals surface area contributed by atoms with Crippen LogP contribution in [0.15, 0.2) is 29.6 Å². The molecule has 5 amide bonds. The smallest absolute Gasteiger partial charge is 0.412 e. The van der Waals surface area contributed by atoms with Crippen molar-refractivity contribution >= 4 is 76.5 Å². The van der Waals surface area contributed by atoms with E-state index in [0.29, 0.717) is 56.0 Å². The van der Waals surface area contributed by atoms with E-state index in [2.05, 4.69) is 21.3 Å². The van der Waals surface area contributed by atoms with Crippen LogP contribution in [-0.2, 0) is 39.9 Å². The van der Waals surface area contributed by atoms with E-state index < -0.39 is 60.0 Å². The van der Waals surface area contributed by atoms with Gasteiger partial charge in [-0.1, -0.05) is 66.5 Å². The van der Waals surface area contributed by atoms with Crippen molar-refractivity contribution in [3.8, 4) is 5.75 Å². The van der Waals surface area contributed by atoms with Crippen LogP contribution in [0.3, 0.4) is 0 Å². The number of ether oxygens (including phenoxy) is 3. The van der Waals surface area contributed by atoms with Gasteiger partial charge < -0.3 is 40.4 Å². The van der Waals surface area contributed by atoms with Gasteiger partial charge in [0.05, 0.1) is 6.04 Å². The lowest BCUT2D eigenvalue weighted by Crippen LogP contribution is -2.59. The van der Waals surface area contributed by atoms with Crippen LogP contribution in [0, 0.1) is 17.8 Å². The molecule has 0 spiro atoms. The zero-order chi connectivity index (χ0) is 52.5. The van der Waals surface area contributed by atoms with Crippen molar-refractivity contribution < 1.29 is 47.8 Å². The molecule has 0 aliphatic carbocycles. The summed E-state index contributed by atoms with van der Waals surface area (Å²) in [6, 6.07) is 4.47. The summed E-state index contributed by atoms with van der Waals surface area (Å²) in [4.78, 5) is 102. The van der Waals surface area contributed by atoms with Crippen molar-refractivity contribution in [3.05, 3.63) is 45.9 Å². The number of aromatic nitrogens is 1. The van der Waals surface area contributed by atoms with E-state index in [1.165, 1.54) is 11.8 Å². The molecule has 7 atom stereocenters. The minimum absolute atomic E-state index is 0.0427. The van der Waals surface area contributed by atoms with Crippen LogP contribution in [0.4, 0.5) is 4.79 Å². The molecule has 1 aromatic heterocycles. The zero-order valence-electron chi connectivity index (χ0n) is 43.7. The van der Waals surface area contributed by atoms with Gasteiger partial charge in [0.2, 0.25) is 17.7 Å². The molecule has 1 saturated heterocycles. The first-order valence-corrected chi connectivity index (χ1v) is 28.8. The summed E-state index contributed by atoms with van der Waals surface area (Å²) in [5, 5.41) is 13.8. The maximum atomic E-state index is 14.9.